The highest BCUT2D eigenvalue weighted by molar-refractivity contribution is 5.99. The molecule has 166 valence electrons. The summed E-state index contributed by atoms with van der Waals surface area (Å²) in [6.07, 6.45) is 12.5. The van der Waals surface area contributed by atoms with Crippen LogP contribution in [0.15, 0.2) is 54.4 Å². The summed E-state index contributed by atoms with van der Waals surface area (Å²) in [6.45, 7) is 5.99. The van der Waals surface area contributed by atoms with Gasteiger partial charge in [0.25, 0.3) is 11.8 Å². The quantitative estimate of drug-likeness (QED) is 0.560. The first-order chi connectivity index (χ1) is 15.5. The van der Waals surface area contributed by atoms with Crippen LogP contribution in [0.25, 0.3) is 5.65 Å². The zero-order valence-electron chi connectivity index (χ0n) is 18.1. The Bertz CT molecular complexity index is 1230. The van der Waals surface area contributed by atoms with Crippen molar-refractivity contribution >= 4 is 17.5 Å². The zero-order valence-corrected chi connectivity index (χ0v) is 18.1. The molecule has 0 saturated heterocycles. The van der Waals surface area contributed by atoms with Crippen molar-refractivity contribution in [3.05, 3.63) is 82.2 Å². The average Bonchev–Trinajstić information content (AvgIpc) is 3.45. The fraction of sp³-hybridized carbons (Fsp3) is 0.333. The van der Waals surface area contributed by atoms with E-state index in [9.17, 15) is 14.4 Å². The van der Waals surface area contributed by atoms with Crippen molar-refractivity contribution in [3.8, 4) is 0 Å². The van der Waals surface area contributed by atoms with Crippen LogP contribution in [0.1, 0.15) is 63.7 Å². The van der Waals surface area contributed by atoms with Crippen LogP contribution in [-0.4, -0.2) is 32.3 Å². The molecule has 3 heterocycles. The van der Waals surface area contributed by atoms with E-state index in [1.165, 1.54) is 0 Å². The van der Waals surface area contributed by atoms with Crippen LogP contribution in [0.3, 0.4) is 0 Å². The Balaban J connectivity index is 1.60. The summed E-state index contributed by atoms with van der Waals surface area (Å²) in [7, 11) is 0. The van der Waals surface area contributed by atoms with Crippen molar-refractivity contribution in [2.24, 2.45) is 0 Å². The van der Waals surface area contributed by atoms with Crippen molar-refractivity contribution in [1.29, 1.82) is 0 Å². The first-order valence-electron chi connectivity index (χ1n) is 10.8. The summed E-state index contributed by atoms with van der Waals surface area (Å²) in [6, 6.07) is 4.11. The van der Waals surface area contributed by atoms with Gasteiger partial charge in [0.2, 0.25) is 5.43 Å². The third-order valence-electron chi connectivity index (χ3n) is 5.78. The second-order valence-electron chi connectivity index (χ2n) is 8.18. The van der Waals surface area contributed by atoms with E-state index in [1.54, 1.807) is 18.5 Å². The maximum absolute atomic E-state index is 13.0. The summed E-state index contributed by atoms with van der Waals surface area (Å²) in [5.41, 5.74) is 1.91. The summed E-state index contributed by atoms with van der Waals surface area (Å²) < 4.78 is 3.73. The minimum Gasteiger partial charge on any atom is -0.349 e. The van der Waals surface area contributed by atoms with Gasteiger partial charge in [0.1, 0.15) is 16.8 Å². The highest BCUT2D eigenvalue weighted by atomic mass is 16.2. The molecule has 2 amide bonds. The van der Waals surface area contributed by atoms with Crippen molar-refractivity contribution in [3.63, 3.8) is 0 Å². The van der Waals surface area contributed by atoms with E-state index >= 15 is 0 Å². The van der Waals surface area contributed by atoms with Gasteiger partial charge in [-0.05, 0) is 37.5 Å². The largest absolute Gasteiger partial charge is 0.349 e. The van der Waals surface area contributed by atoms with Gasteiger partial charge in [-0.25, -0.2) is 4.98 Å². The van der Waals surface area contributed by atoms with Crippen molar-refractivity contribution in [2.45, 2.75) is 45.2 Å². The number of imidazole rings is 1. The number of hydrogen-bond acceptors (Lipinski definition) is 4. The predicted molar refractivity (Wildman–Crippen MR) is 122 cm³/mol. The molecule has 1 fully saturated rings. The van der Waals surface area contributed by atoms with Crippen LogP contribution < -0.4 is 16.1 Å². The molecule has 1 saturated carbocycles. The molecule has 32 heavy (non-hydrogen) atoms. The van der Waals surface area contributed by atoms with Gasteiger partial charge >= 0.3 is 0 Å². The maximum atomic E-state index is 13.0. The number of pyridine rings is 2. The number of nitrogens with one attached hydrogen (secondary N) is 2. The van der Waals surface area contributed by atoms with Gasteiger partial charge in [-0.3, -0.25) is 14.4 Å². The Morgan fingerprint density at radius 1 is 1.16 bits per heavy atom. The molecule has 0 aromatic carbocycles. The number of nitrogens with zero attached hydrogens (tertiary/aromatic N) is 3. The van der Waals surface area contributed by atoms with Gasteiger partial charge < -0.3 is 19.6 Å². The number of amides is 2. The zero-order chi connectivity index (χ0) is 22.7. The van der Waals surface area contributed by atoms with Gasteiger partial charge in [0, 0.05) is 37.4 Å². The first-order valence-corrected chi connectivity index (χ1v) is 10.8. The standard InChI is InChI=1S/C24H27N5O3/c1-3-9-25-23(31)19-14-29(18-6-4-5-7-18)15-20(22(19)30)24(32)26-12-17-13-28-10-8-16(2)11-21(28)27-17/h3,8,10-11,13-15,18H,1,4-7,9,12H2,2H3,(H,25,31)(H,26,32). The number of fused-ring (bicyclic) bond motifs is 1. The van der Waals surface area contributed by atoms with E-state index < -0.39 is 17.2 Å². The first kappa shape index (κ1) is 21.5. The third-order valence-corrected chi connectivity index (χ3v) is 5.78. The Hall–Kier alpha value is -3.68. The van der Waals surface area contributed by atoms with E-state index in [0.29, 0.717) is 5.69 Å². The van der Waals surface area contributed by atoms with E-state index in [-0.39, 0.29) is 30.3 Å². The smallest absolute Gasteiger partial charge is 0.257 e. The number of carbonyl (C=O) groups excluding carboxylic acids is 2. The number of rotatable bonds is 7. The molecule has 0 aliphatic heterocycles. The van der Waals surface area contributed by atoms with Crippen molar-refractivity contribution < 1.29 is 9.59 Å². The lowest BCUT2D eigenvalue weighted by Crippen LogP contribution is -2.35. The predicted octanol–water partition coefficient (Wildman–Crippen LogP) is 2.77. The van der Waals surface area contributed by atoms with Gasteiger partial charge in [-0.2, -0.15) is 0 Å². The molecule has 1 aliphatic rings. The van der Waals surface area contributed by atoms with Crippen LogP contribution in [0.5, 0.6) is 0 Å². The molecule has 3 aromatic rings. The van der Waals surface area contributed by atoms with Gasteiger partial charge in [0.15, 0.2) is 0 Å². The van der Waals surface area contributed by atoms with Gasteiger partial charge in [0.05, 0.1) is 12.2 Å². The van der Waals surface area contributed by atoms with Gasteiger partial charge in [-0.15, -0.1) is 6.58 Å². The maximum Gasteiger partial charge on any atom is 0.257 e. The van der Waals surface area contributed by atoms with E-state index in [1.807, 2.05) is 40.4 Å². The topological polar surface area (TPSA) is 97.5 Å². The third kappa shape index (κ3) is 4.49. The van der Waals surface area contributed by atoms with Crippen LogP contribution in [0.2, 0.25) is 0 Å². The minimum absolute atomic E-state index is 0.0328. The lowest BCUT2D eigenvalue weighted by Gasteiger charge is -2.17. The Morgan fingerprint density at radius 3 is 2.53 bits per heavy atom. The summed E-state index contributed by atoms with van der Waals surface area (Å²) in [5, 5.41) is 5.42. The van der Waals surface area contributed by atoms with Gasteiger partial charge in [-0.1, -0.05) is 18.9 Å². The molecular weight excluding hydrogens is 406 g/mol. The molecular formula is C24H27N5O3. The average molecular weight is 434 g/mol. The molecule has 0 radical (unpaired) electrons. The molecule has 4 rings (SSSR count). The van der Waals surface area contributed by atoms with Crippen LogP contribution in [0, 0.1) is 6.92 Å². The molecule has 2 N–H and O–H groups in total. The van der Waals surface area contributed by atoms with E-state index in [0.717, 1.165) is 36.9 Å². The number of aromatic nitrogens is 3. The molecule has 0 unspecified atom stereocenters. The fourth-order valence-corrected chi connectivity index (χ4v) is 4.08. The molecule has 8 nitrogen and oxygen atoms in total. The highest BCUT2D eigenvalue weighted by Crippen LogP contribution is 2.29. The van der Waals surface area contributed by atoms with Crippen LogP contribution in [0.4, 0.5) is 0 Å². The molecule has 3 aromatic heterocycles. The minimum atomic E-state index is -0.580. The molecule has 8 heteroatoms. The highest BCUT2D eigenvalue weighted by Gasteiger charge is 2.23. The SMILES string of the molecule is C=CCNC(=O)c1cn(C2CCCC2)cc(C(=O)NCc2cn3ccc(C)cc3n2)c1=O. The van der Waals surface area contributed by atoms with Crippen molar-refractivity contribution in [2.75, 3.05) is 6.54 Å². The summed E-state index contributed by atoms with van der Waals surface area (Å²) in [5.74, 6) is -1.03. The monoisotopic (exact) mass is 433 g/mol. The summed E-state index contributed by atoms with van der Waals surface area (Å²) in [4.78, 5) is 43.0. The molecule has 0 spiro atoms. The lowest BCUT2D eigenvalue weighted by atomic mass is 10.1. The number of carbonyl (C=O) groups is 2. The Kier molecular flexibility index (Phi) is 6.20. The number of hydrogen-bond donors (Lipinski definition) is 2. The summed E-state index contributed by atoms with van der Waals surface area (Å²) >= 11 is 0. The van der Waals surface area contributed by atoms with E-state index in [2.05, 4.69) is 22.2 Å². The Labute approximate surface area is 186 Å². The Morgan fingerprint density at radius 2 is 1.84 bits per heavy atom. The van der Waals surface area contributed by atoms with E-state index in [4.69, 9.17) is 0 Å². The second-order valence-corrected chi connectivity index (χ2v) is 8.18. The van der Waals surface area contributed by atoms with Crippen LogP contribution >= 0.6 is 0 Å². The molecule has 1 aliphatic carbocycles. The second kappa shape index (κ2) is 9.21. The van der Waals surface area contributed by atoms with Crippen molar-refractivity contribution in [1.82, 2.24) is 24.6 Å². The van der Waals surface area contributed by atoms with Crippen LogP contribution in [-0.2, 0) is 6.54 Å². The fourth-order valence-electron chi connectivity index (χ4n) is 4.08. The normalized spacial score (nSPS) is 13.9. The molecule has 0 bridgehead atoms. The number of aryl methyl sites for hydroxylation is 1. The lowest BCUT2D eigenvalue weighted by molar-refractivity contribution is 0.0948. The molecule has 0 atom stereocenters.